The molecule has 0 N–H and O–H groups in total. The van der Waals surface area contributed by atoms with E-state index in [0.717, 1.165) is 22.4 Å². The van der Waals surface area contributed by atoms with Crippen LogP contribution in [0.15, 0.2) is 71.8 Å². The highest BCUT2D eigenvalue weighted by atomic mass is 16.5. The molecule has 1 heterocycles. The molecule has 3 aromatic carbocycles. The molecule has 0 radical (unpaired) electrons. The lowest BCUT2D eigenvalue weighted by molar-refractivity contribution is -0.133. The average Bonchev–Trinajstić information content (AvgIpc) is 3.38. The number of carbonyl (C=O) groups excluding carboxylic acids is 2. The second-order valence-electron chi connectivity index (χ2n) is 8.87. The summed E-state index contributed by atoms with van der Waals surface area (Å²) >= 11 is 0. The third kappa shape index (κ3) is 5.58. The molecule has 8 heteroatoms. The first-order valence-corrected chi connectivity index (χ1v) is 11.9. The molecular weight excluding hydrogens is 470 g/mol. The summed E-state index contributed by atoms with van der Waals surface area (Å²) in [7, 11) is 6.37. The van der Waals surface area contributed by atoms with E-state index in [1.807, 2.05) is 43.3 Å². The number of hydrazone groups is 1. The normalized spacial score (nSPS) is 14.7. The van der Waals surface area contributed by atoms with Gasteiger partial charge in [0.25, 0.3) is 11.8 Å². The van der Waals surface area contributed by atoms with Gasteiger partial charge in [-0.25, -0.2) is 5.01 Å². The largest absolute Gasteiger partial charge is 0.497 e. The van der Waals surface area contributed by atoms with Gasteiger partial charge in [-0.05, 0) is 48.9 Å². The molecular formula is C29H31N3O5. The van der Waals surface area contributed by atoms with E-state index in [4.69, 9.17) is 19.3 Å². The topological polar surface area (TPSA) is 80.7 Å². The molecule has 1 aliphatic heterocycles. The highest BCUT2D eigenvalue weighted by molar-refractivity contribution is 6.05. The molecule has 192 valence electrons. The fourth-order valence-corrected chi connectivity index (χ4v) is 4.29. The predicted molar refractivity (Wildman–Crippen MR) is 141 cm³/mol. The first kappa shape index (κ1) is 25.8. The van der Waals surface area contributed by atoms with Crippen molar-refractivity contribution in [3.63, 3.8) is 0 Å². The van der Waals surface area contributed by atoms with Crippen LogP contribution in [0, 0.1) is 6.92 Å². The van der Waals surface area contributed by atoms with Gasteiger partial charge in [0.15, 0.2) is 0 Å². The number of benzene rings is 3. The van der Waals surface area contributed by atoms with Crippen LogP contribution in [0.3, 0.4) is 0 Å². The minimum absolute atomic E-state index is 0.121. The summed E-state index contributed by atoms with van der Waals surface area (Å²) in [6, 6.07) is 20.1. The minimum Gasteiger partial charge on any atom is -0.497 e. The van der Waals surface area contributed by atoms with Gasteiger partial charge >= 0.3 is 0 Å². The Kier molecular flexibility index (Phi) is 7.77. The van der Waals surface area contributed by atoms with Crippen molar-refractivity contribution >= 4 is 17.5 Å². The lowest BCUT2D eigenvalue weighted by atomic mass is 9.97. The van der Waals surface area contributed by atoms with Crippen molar-refractivity contribution in [3.8, 4) is 17.2 Å². The van der Waals surface area contributed by atoms with Crippen LogP contribution in [0.4, 0.5) is 0 Å². The van der Waals surface area contributed by atoms with Gasteiger partial charge in [-0.2, -0.15) is 5.10 Å². The van der Waals surface area contributed by atoms with Gasteiger partial charge in [0.05, 0.1) is 33.1 Å². The Hall–Kier alpha value is -4.33. The van der Waals surface area contributed by atoms with Gasteiger partial charge < -0.3 is 19.1 Å². The number of likely N-dealkylation sites (N-methyl/N-ethyl adjacent to an activating group) is 1. The number of amides is 2. The molecule has 0 unspecified atom stereocenters. The van der Waals surface area contributed by atoms with Gasteiger partial charge in [0.2, 0.25) is 0 Å². The van der Waals surface area contributed by atoms with Crippen LogP contribution in [0.5, 0.6) is 17.2 Å². The quantitative estimate of drug-likeness (QED) is 0.455. The molecule has 0 aromatic heterocycles. The number of hydrogen-bond acceptors (Lipinski definition) is 6. The fraction of sp³-hybridized carbons (Fsp3) is 0.276. The molecule has 3 aromatic rings. The van der Waals surface area contributed by atoms with E-state index in [-0.39, 0.29) is 24.4 Å². The summed E-state index contributed by atoms with van der Waals surface area (Å²) in [5.74, 6) is 1.40. The summed E-state index contributed by atoms with van der Waals surface area (Å²) in [4.78, 5) is 27.9. The fourth-order valence-electron chi connectivity index (χ4n) is 4.29. The summed E-state index contributed by atoms with van der Waals surface area (Å²) < 4.78 is 16.1. The number of aryl methyl sites for hydroxylation is 1. The standard InChI is InChI=1S/C29H31N3O5/c1-19-6-8-20(9-7-19)26-17-25(24-15-14-23(36-4)16-27(24)37-5)30-32(26)28(33)18-31(2)29(34)21-10-12-22(35-3)13-11-21/h6-16,26H,17-18H2,1-5H3/t26-/m1/s1. The predicted octanol–water partition coefficient (Wildman–Crippen LogP) is 4.47. The van der Waals surface area contributed by atoms with Crippen LogP contribution >= 0.6 is 0 Å². The summed E-state index contributed by atoms with van der Waals surface area (Å²) in [6.07, 6.45) is 0.508. The second kappa shape index (κ2) is 11.2. The van der Waals surface area contributed by atoms with E-state index in [1.54, 1.807) is 58.7 Å². The van der Waals surface area contributed by atoms with Gasteiger partial charge in [-0.15, -0.1) is 0 Å². The molecule has 8 nitrogen and oxygen atoms in total. The van der Waals surface area contributed by atoms with Gasteiger partial charge in [-0.1, -0.05) is 29.8 Å². The molecule has 0 fully saturated rings. The van der Waals surface area contributed by atoms with Crippen molar-refractivity contribution < 1.29 is 23.8 Å². The van der Waals surface area contributed by atoms with Crippen LogP contribution < -0.4 is 14.2 Å². The SMILES string of the molecule is COc1ccc(C(=O)N(C)CC(=O)N2N=C(c3ccc(OC)cc3OC)C[C@@H]2c2ccc(C)cc2)cc1. The van der Waals surface area contributed by atoms with Crippen LogP contribution in [-0.2, 0) is 4.79 Å². The lowest BCUT2D eigenvalue weighted by Crippen LogP contribution is -2.39. The highest BCUT2D eigenvalue weighted by Crippen LogP contribution is 2.36. The number of ether oxygens (including phenoxy) is 3. The molecule has 37 heavy (non-hydrogen) atoms. The monoisotopic (exact) mass is 501 g/mol. The maximum absolute atomic E-state index is 13.5. The summed E-state index contributed by atoms with van der Waals surface area (Å²) in [5, 5.41) is 6.22. The van der Waals surface area contributed by atoms with Crippen LogP contribution in [-0.4, -0.2) is 62.4 Å². The van der Waals surface area contributed by atoms with E-state index in [2.05, 4.69) is 0 Å². The van der Waals surface area contributed by atoms with E-state index in [0.29, 0.717) is 29.2 Å². The van der Waals surface area contributed by atoms with E-state index < -0.39 is 0 Å². The van der Waals surface area contributed by atoms with Crippen molar-refractivity contribution in [1.29, 1.82) is 0 Å². The van der Waals surface area contributed by atoms with Crippen LogP contribution in [0.1, 0.15) is 39.5 Å². The highest BCUT2D eigenvalue weighted by Gasteiger charge is 2.35. The number of rotatable bonds is 8. The first-order valence-electron chi connectivity index (χ1n) is 11.9. The zero-order chi connectivity index (χ0) is 26.5. The van der Waals surface area contributed by atoms with E-state index in [9.17, 15) is 9.59 Å². The number of hydrogen-bond donors (Lipinski definition) is 0. The van der Waals surface area contributed by atoms with Crippen molar-refractivity contribution in [2.45, 2.75) is 19.4 Å². The molecule has 1 aliphatic rings. The molecule has 0 saturated heterocycles. The molecule has 0 bridgehead atoms. The van der Waals surface area contributed by atoms with E-state index >= 15 is 0 Å². The van der Waals surface area contributed by atoms with Gasteiger partial charge in [0.1, 0.15) is 23.8 Å². The smallest absolute Gasteiger partial charge is 0.262 e. The Labute approximate surface area is 217 Å². The average molecular weight is 502 g/mol. The third-order valence-electron chi connectivity index (χ3n) is 6.40. The summed E-state index contributed by atoms with van der Waals surface area (Å²) in [5.41, 5.74) is 4.08. The Bertz CT molecular complexity index is 1300. The molecule has 0 spiro atoms. The number of nitrogens with zero attached hydrogens (tertiary/aromatic N) is 3. The molecule has 4 rings (SSSR count). The van der Waals surface area contributed by atoms with Crippen LogP contribution in [0.2, 0.25) is 0 Å². The minimum atomic E-state index is -0.306. The van der Waals surface area contributed by atoms with Gasteiger partial charge in [0, 0.05) is 30.7 Å². The Morgan fingerprint density at radius 3 is 2.19 bits per heavy atom. The maximum Gasteiger partial charge on any atom is 0.262 e. The number of methoxy groups -OCH3 is 3. The molecule has 0 aliphatic carbocycles. The third-order valence-corrected chi connectivity index (χ3v) is 6.40. The Balaban J connectivity index is 1.61. The van der Waals surface area contributed by atoms with Crippen molar-refractivity contribution in [2.24, 2.45) is 5.10 Å². The van der Waals surface area contributed by atoms with E-state index in [1.165, 1.54) is 9.91 Å². The van der Waals surface area contributed by atoms with Crippen molar-refractivity contribution in [2.75, 3.05) is 34.9 Å². The second-order valence-corrected chi connectivity index (χ2v) is 8.87. The Morgan fingerprint density at radius 1 is 0.919 bits per heavy atom. The zero-order valence-corrected chi connectivity index (χ0v) is 21.7. The number of carbonyl (C=O) groups is 2. The zero-order valence-electron chi connectivity index (χ0n) is 21.7. The van der Waals surface area contributed by atoms with Crippen molar-refractivity contribution in [3.05, 3.63) is 89.0 Å². The molecule has 2 amide bonds. The molecule has 1 atom stereocenters. The maximum atomic E-state index is 13.5. The first-order chi connectivity index (χ1) is 17.8. The molecule has 0 saturated carbocycles. The van der Waals surface area contributed by atoms with Crippen LogP contribution in [0.25, 0.3) is 0 Å². The summed E-state index contributed by atoms with van der Waals surface area (Å²) in [6.45, 7) is 1.90. The van der Waals surface area contributed by atoms with Gasteiger partial charge in [-0.3, -0.25) is 9.59 Å². The Morgan fingerprint density at radius 2 is 1.57 bits per heavy atom. The van der Waals surface area contributed by atoms with Crippen molar-refractivity contribution in [1.82, 2.24) is 9.91 Å². The lowest BCUT2D eigenvalue weighted by Gasteiger charge is -2.25.